The SMILES string of the molecule is O[P](=S)(S)[Mo]. The maximum absolute atomic E-state index is 8.32. The Morgan fingerprint density at radius 3 is 2.00 bits per heavy atom. The van der Waals surface area contributed by atoms with Crippen LogP contribution in [0.5, 0.6) is 0 Å². The molecule has 0 fully saturated rings. The van der Waals surface area contributed by atoms with E-state index in [1.54, 1.807) is 0 Å². The summed E-state index contributed by atoms with van der Waals surface area (Å²) in [6, 6.07) is 0. The van der Waals surface area contributed by atoms with Crippen molar-refractivity contribution in [2.24, 2.45) is 0 Å². The summed E-state index contributed by atoms with van der Waals surface area (Å²) in [7, 11) is 0. The average Bonchev–Trinajstić information content (AvgIpc) is 0.722. The third-order valence-electron chi connectivity index (χ3n) is 0. The topological polar surface area (TPSA) is 20.2 Å². The van der Waals surface area contributed by atoms with Crippen molar-refractivity contribution in [3.8, 4) is 0 Å². The minimum atomic E-state index is -2.10. The van der Waals surface area contributed by atoms with Crippen molar-refractivity contribution >= 4 is 27.6 Å². The molecular formula is H2MoOPS2. The summed E-state index contributed by atoms with van der Waals surface area (Å²) in [6.45, 7) is 0. The van der Waals surface area contributed by atoms with E-state index in [2.05, 4.69) is 24.1 Å². The summed E-state index contributed by atoms with van der Waals surface area (Å²) in [4.78, 5) is 8.32. The molecule has 0 amide bonds. The van der Waals surface area contributed by atoms with Gasteiger partial charge in [-0.25, -0.2) is 0 Å². The Hall–Kier alpha value is 1.65. The summed E-state index contributed by atoms with van der Waals surface area (Å²) in [5, 5.41) is 0. The van der Waals surface area contributed by atoms with Crippen LogP contribution in [0.4, 0.5) is 0 Å². The number of rotatable bonds is 0. The van der Waals surface area contributed by atoms with Gasteiger partial charge in [0.2, 0.25) is 0 Å². The molecule has 0 aromatic carbocycles. The van der Waals surface area contributed by atoms with Gasteiger partial charge in [0.25, 0.3) is 0 Å². The van der Waals surface area contributed by atoms with E-state index >= 15 is 0 Å². The maximum atomic E-state index is 8.32. The first-order valence-electron chi connectivity index (χ1n) is 0.765. The van der Waals surface area contributed by atoms with Crippen LogP contribution in [0.25, 0.3) is 0 Å². The minimum absolute atomic E-state index is 1.47. The van der Waals surface area contributed by atoms with Gasteiger partial charge >= 0.3 is 51.8 Å². The zero-order valence-corrected chi connectivity index (χ0v) is 6.77. The average molecular weight is 209 g/mol. The van der Waals surface area contributed by atoms with Gasteiger partial charge in [-0.1, -0.05) is 0 Å². The Bertz CT molecular complexity index is 55.8. The molecule has 0 saturated heterocycles. The van der Waals surface area contributed by atoms with E-state index < -0.39 is 3.56 Å². The molecule has 31 valence electrons. The van der Waals surface area contributed by atoms with Crippen molar-refractivity contribution in [3.05, 3.63) is 0 Å². The second-order valence-electron chi connectivity index (χ2n) is 0.491. The van der Waals surface area contributed by atoms with Gasteiger partial charge in [0.05, 0.1) is 0 Å². The summed E-state index contributed by atoms with van der Waals surface area (Å²) < 4.78 is -2.10. The zero-order valence-electron chi connectivity index (χ0n) is 2.16. The third kappa shape index (κ3) is 27.7. The van der Waals surface area contributed by atoms with Gasteiger partial charge in [-0.3, -0.25) is 0 Å². The van der Waals surface area contributed by atoms with Crippen molar-refractivity contribution < 1.29 is 24.2 Å². The molecule has 1 N–H and O–H groups in total. The molecular weight excluding hydrogens is 207 g/mol. The molecule has 0 bridgehead atoms. The standard InChI is InChI=1S/Mo.HOPS2/c;1-2(3)4/h;(H-,1,3,4)/q-1;/p+1. The molecule has 1 nitrogen and oxygen atoms in total. The van der Waals surface area contributed by atoms with Crippen molar-refractivity contribution in [2.75, 3.05) is 0 Å². The molecule has 5 heteroatoms. The first-order valence-corrected chi connectivity index (χ1v) is 7.28. The van der Waals surface area contributed by atoms with Crippen LogP contribution >= 0.6 is 15.8 Å². The predicted octanol–water partition coefficient (Wildman–Crippen LogP) is 0.680. The molecule has 0 aromatic heterocycles. The van der Waals surface area contributed by atoms with E-state index in [1.165, 1.54) is 19.3 Å². The Balaban J connectivity index is 3.47. The zero-order chi connectivity index (χ0) is 4.50. The summed E-state index contributed by atoms with van der Waals surface area (Å²) in [5.74, 6) is 0. The fourth-order valence-electron chi connectivity index (χ4n) is 0. The Kier molecular flexibility index (Phi) is 2.77. The monoisotopic (exact) mass is 211 g/mol. The van der Waals surface area contributed by atoms with Gasteiger partial charge in [-0.15, -0.1) is 0 Å². The van der Waals surface area contributed by atoms with E-state index in [0.29, 0.717) is 0 Å². The van der Waals surface area contributed by atoms with Gasteiger partial charge in [-0.05, 0) is 0 Å². The fraction of sp³-hybridized carbons (Fsp3) is 0. The van der Waals surface area contributed by atoms with E-state index in [0.717, 1.165) is 0 Å². The first kappa shape index (κ1) is 6.65. The van der Waals surface area contributed by atoms with Crippen LogP contribution < -0.4 is 0 Å². The van der Waals surface area contributed by atoms with Crippen LogP contribution in [-0.4, -0.2) is 4.89 Å². The van der Waals surface area contributed by atoms with E-state index in [4.69, 9.17) is 4.89 Å². The molecule has 0 spiro atoms. The molecule has 0 saturated carbocycles. The summed E-state index contributed by atoms with van der Waals surface area (Å²) in [6.07, 6.45) is 0. The molecule has 0 aliphatic carbocycles. The Labute approximate surface area is 51.8 Å². The van der Waals surface area contributed by atoms with Crippen molar-refractivity contribution in [1.82, 2.24) is 0 Å². The van der Waals surface area contributed by atoms with E-state index in [-0.39, 0.29) is 0 Å². The van der Waals surface area contributed by atoms with E-state index in [1.807, 2.05) is 0 Å². The second-order valence-corrected chi connectivity index (χ2v) is 13.5. The number of thiol groups is 1. The Morgan fingerprint density at radius 1 is 2.00 bits per heavy atom. The van der Waals surface area contributed by atoms with Crippen molar-refractivity contribution in [3.63, 3.8) is 0 Å². The third-order valence-corrected chi connectivity index (χ3v) is 0. The quantitative estimate of drug-likeness (QED) is 0.347. The van der Waals surface area contributed by atoms with Crippen LogP contribution in [0.1, 0.15) is 0 Å². The van der Waals surface area contributed by atoms with E-state index in [9.17, 15) is 0 Å². The molecule has 5 heavy (non-hydrogen) atoms. The molecule has 0 aliphatic rings. The first-order chi connectivity index (χ1) is 2.00. The molecule has 1 unspecified atom stereocenters. The summed E-state index contributed by atoms with van der Waals surface area (Å²) >= 11 is 9.44. The predicted molar refractivity (Wildman–Crippen MR) is 25.5 cm³/mol. The molecule has 0 heterocycles. The normalized spacial score (nSPS) is 21.2. The van der Waals surface area contributed by atoms with Crippen molar-refractivity contribution in [2.45, 2.75) is 0 Å². The number of hydrogen-bond donors (Lipinski definition) is 2. The van der Waals surface area contributed by atoms with Crippen molar-refractivity contribution in [1.29, 1.82) is 0 Å². The number of hydrogen-bond acceptors (Lipinski definition) is 1. The van der Waals surface area contributed by atoms with Gasteiger partial charge in [-0.2, -0.15) is 0 Å². The summed E-state index contributed by atoms with van der Waals surface area (Å²) in [5.41, 5.74) is 0. The molecule has 1 atom stereocenters. The Morgan fingerprint density at radius 2 is 2.00 bits per heavy atom. The molecule has 0 radical (unpaired) electrons. The molecule has 0 aromatic rings. The van der Waals surface area contributed by atoms with Crippen LogP contribution in [-0.2, 0) is 31.1 Å². The molecule has 0 aliphatic heterocycles. The molecule has 0 rings (SSSR count). The van der Waals surface area contributed by atoms with Gasteiger partial charge in [0.1, 0.15) is 0 Å². The van der Waals surface area contributed by atoms with Gasteiger partial charge in [0.15, 0.2) is 0 Å². The van der Waals surface area contributed by atoms with Crippen LogP contribution in [0.3, 0.4) is 0 Å². The fourth-order valence-corrected chi connectivity index (χ4v) is 0. The van der Waals surface area contributed by atoms with Crippen LogP contribution in [0.15, 0.2) is 0 Å². The van der Waals surface area contributed by atoms with Crippen LogP contribution in [0, 0.1) is 0 Å². The van der Waals surface area contributed by atoms with Gasteiger partial charge in [0, 0.05) is 0 Å². The van der Waals surface area contributed by atoms with Crippen LogP contribution in [0.2, 0.25) is 0 Å². The van der Waals surface area contributed by atoms with Gasteiger partial charge < -0.3 is 0 Å². The second kappa shape index (κ2) is 2.09.